The normalized spacial score (nSPS) is 10.7. The molecule has 0 saturated heterocycles. The lowest BCUT2D eigenvalue weighted by molar-refractivity contribution is 0.0686. The predicted molar refractivity (Wildman–Crippen MR) is 67.0 cm³/mol. The van der Waals surface area contributed by atoms with Gasteiger partial charge in [-0.1, -0.05) is 11.8 Å². The fourth-order valence-corrected chi connectivity index (χ4v) is 2.50. The van der Waals surface area contributed by atoms with Crippen LogP contribution in [0.25, 0.3) is 11.2 Å². The zero-order valence-electron chi connectivity index (χ0n) is 9.44. The van der Waals surface area contributed by atoms with Gasteiger partial charge in [0.05, 0.1) is 6.33 Å². The maximum absolute atomic E-state index is 11.1. The second kappa shape index (κ2) is 4.65. The zero-order valence-corrected chi connectivity index (χ0v) is 10.3. The Morgan fingerprint density at radius 2 is 2.16 bits per heavy atom. The molecule has 0 saturated carbocycles. The molecule has 0 spiro atoms. The maximum Gasteiger partial charge on any atom is 0.355 e. The zero-order chi connectivity index (χ0) is 13.2. The number of nitrogens with zero attached hydrogens (tertiary/aromatic N) is 4. The van der Waals surface area contributed by atoms with Gasteiger partial charge in [0.1, 0.15) is 16.9 Å². The van der Waals surface area contributed by atoms with Crippen molar-refractivity contribution in [3.8, 4) is 0 Å². The first-order chi connectivity index (χ1) is 9.25. The Labute approximate surface area is 111 Å². The van der Waals surface area contributed by atoms with Gasteiger partial charge in [-0.2, -0.15) is 0 Å². The molecule has 0 bridgehead atoms. The van der Waals surface area contributed by atoms with E-state index in [4.69, 9.17) is 5.11 Å². The minimum absolute atomic E-state index is 0.00113. The molecular formula is C11H7N5O2S. The summed E-state index contributed by atoms with van der Waals surface area (Å²) in [6.07, 6.45) is 4.35. The van der Waals surface area contributed by atoms with Crippen molar-refractivity contribution >= 4 is 28.9 Å². The predicted octanol–water partition coefficient (Wildman–Crippen LogP) is 1.60. The molecule has 0 amide bonds. The van der Waals surface area contributed by atoms with Gasteiger partial charge < -0.3 is 10.1 Å². The molecular weight excluding hydrogens is 266 g/mol. The SMILES string of the molecule is O=C(O)c1ncccc1Sc1ncnc2nc[nH]c12. The van der Waals surface area contributed by atoms with Crippen molar-refractivity contribution in [3.63, 3.8) is 0 Å². The summed E-state index contributed by atoms with van der Waals surface area (Å²) in [7, 11) is 0. The number of pyridine rings is 1. The van der Waals surface area contributed by atoms with E-state index in [0.29, 0.717) is 21.1 Å². The Bertz CT molecular complexity index is 757. The number of H-pyrrole nitrogens is 1. The molecule has 0 atom stereocenters. The summed E-state index contributed by atoms with van der Waals surface area (Å²) in [5.74, 6) is -1.07. The fraction of sp³-hybridized carbons (Fsp3) is 0. The summed E-state index contributed by atoms with van der Waals surface area (Å²) in [6.45, 7) is 0. The maximum atomic E-state index is 11.1. The van der Waals surface area contributed by atoms with Crippen LogP contribution in [0.3, 0.4) is 0 Å². The molecule has 0 radical (unpaired) electrons. The van der Waals surface area contributed by atoms with E-state index in [1.54, 1.807) is 12.1 Å². The van der Waals surface area contributed by atoms with Gasteiger partial charge in [0.25, 0.3) is 0 Å². The summed E-state index contributed by atoms with van der Waals surface area (Å²) in [4.78, 5) is 30.6. The Morgan fingerprint density at radius 1 is 1.26 bits per heavy atom. The lowest BCUT2D eigenvalue weighted by Gasteiger charge is -2.04. The summed E-state index contributed by atoms with van der Waals surface area (Å²) < 4.78 is 0. The van der Waals surface area contributed by atoms with E-state index in [9.17, 15) is 4.79 Å². The van der Waals surface area contributed by atoms with Gasteiger partial charge >= 0.3 is 5.97 Å². The lowest BCUT2D eigenvalue weighted by Crippen LogP contribution is -2.02. The van der Waals surface area contributed by atoms with Crippen LogP contribution in [-0.4, -0.2) is 36.0 Å². The molecule has 7 nitrogen and oxygen atoms in total. The van der Waals surface area contributed by atoms with E-state index in [0.717, 1.165) is 0 Å². The number of aromatic amines is 1. The first-order valence-electron chi connectivity index (χ1n) is 5.26. The Kier molecular flexibility index (Phi) is 2.84. The van der Waals surface area contributed by atoms with Gasteiger partial charge in [-0.05, 0) is 12.1 Å². The van der Waals surface area contributed by atoms with Crippen LogP contribution >= 0.6 is 11.8 Å². The number of hydrogen-bond donors (Lipinski definition) is 2. The van der Waals surface area contributed by atoms with Crippen LogP contribution < -0.4 is 0 Å². The highest BCUT2D eigenvalue weighted by atomic mass is 32.2. The average Bonchev–Trinajstić information content (AvgIpc) is 2.88. The molecule has 3 rings (SSSR count). The number of nitrogens with one attached hydrogen (secondary N) is 1. The van der Waals surface area contributed by atoms with Crippen molar-refractivity contribution in [1.82, 2.24) is 24.9 Å². The van der Waals surface area contributed by atoms with Crippen LogP contribution in [0.15, 0.2) is 40.9 Å². The number of carbonyl (C=O) groups is 1. The number of fused-ring (bicyclic) bond motifs is 1. The van der Waals surface area contributed by atoms with Gasteiger partial charge in [-0.3, -0.25) is 0 Å². The number of aromatic nitrogens is 5. The lowest BCUT2D eigenvalue weighted by atomic mass is 10.3. The third kappa shape index (κ3) is 2.13. The van der Waals surface area contributed by atoms with Crippen molar-refractivity contribution in [2.45, 2.75) is 9.92 Å². The molecule has 8 heteroatoms. The van der Waals surface area contributed by atoms with Crippen LogP contribution in [-0.2, 0) is 0 Å². The van der Waals surface area contributed by atoms with E-state index in [1.807, 2.05) is 0 Å². The molecule has 0 fully saturated rings. The molecule has 0 aliphatic rings. The van der Waals surface area contributed by atoms with Gasteiger partial charge in [0.15, 0.2) is 11.3 Å². The van der Waals surface area contributed by atoms with Gasteiger partial charge in [0, 0.05) is 11.1 Å². The average molecular weight is 273 g/mol. The van der Waals surface area contributed by atoms with Gasteiger partial charge in [-0.25, -0.2) is 24.7 Å². The van der Waals surface area contributed by atoms with Crippen LogP contribution in [0, 0.1) is 0 Å². The van der Waals surface area contributed by atoms with Crippen molar-refractivity contribution in [2.75, 3.05) is 0 Å². The number of carboxylic acid groups (broad SMARTS) is 1. The van der Waals surface area contributed by atoms with Crippen molar-refractivity contribution in [2.24, 2.45) is 0 Å². The van der Waals surface area contributed by atoms with Gasteiger partial charge in [-0.15, -0.1) is 0 Å². The number of carboxylic acids is 1. The van der Waals surface area contributed by atoms with E-state index >= 15 is 0 Å². The van der Waals surface area contributed by atoms with E-state index < -0.39 is 5.97 Å². The molecule has 3 heterocycles. The Balaban J connectivity index is 2.06. The van der Waals surface area contributed by atoms with Crippen LogP contribution in [0.1, 0.15) is 10.5 Å². The van der Waals surface area contributed by atoms with Crippen LogP contribution in [0.4, 0.5) is 0 Å². The highest BCUT2D eigenvalue weighted by Crippen LogP contribution is 2.31. The second-order valence-electron chi connectivity index (χ2n) is 3.54. The standard InChI is InChI=1S/C11H7N5O2S/c17-11(18)7-6(2-1-3-12-7)19-10-8-9(14-4-13-8)15-5-16-10/h1-5H,(H,17,18)(H,13,14,15,16). The molecule has 94 valence electrons. The minimum atomic E-state index is -1.07. The largest absolute Gasteiger partial charge is 0.476 e. The monoisotopic (exact) mass is 273 g/mol. The molecule has 19 heavy (non-hydrogen) atoms. The summed E-state index contributed by atoms with van der Waals surface area (Å²) >= 11 is 1.21. The van der Waals surface area contributed by atoms with E-state index in [-0.39, 0.29) is 5.69 Å². The number of aromatic carboxylic acids is 1. The molecule has 0 aliphatic carbocycles. The summed E-state index contributed by atoms with van der Waals surface area (Å²) in [6, 6.07) is 3.37. The minimum Gasteiger partial charge on any atom is -0.476 e. The number of hydrogen-bond acceptors (Lipinski definition) is 6. The van der Waals surface area contributed by atoms with E-state index in [1.165, 1.54) is 30.6 Å². The molecule has 0 aliphatic heterocycles. The quantitative estimate of drug-likeness (QED) is 0.698. The highest BCUT2D eigenvalue weighted by molar-refractivity contribution is 7.99. The number of imidazole rings is 1. The number of rotatable bonds is 3. The molecule has 3 aromatic heterocycles. The smallest absolute Gasteiger partial charge is 0.355 e. The van der Waals surface area contributed by atoms with Gasteiger partial charge in [0.2, 0.25) is 0 Å². The summed E-state index contributed by atoms with van der Waals surface area (Å²) in [5.41, 5.74) is 1.21. The first-order valence-corrected chi connectivity index (χ1v) is 6.07. The van der Waals surface area contributed by atoms with Crippen LogP contribution in [0.2, 0.25) is 0 Å². The Morgan fingerprint density at radius 3 is 3.00 bits per heavy atom. The highest BCUT2D eigenvalue weighted by Gasteiger charge is 2.15. The van der Waals surface area contributed by atoms with E-state index in [2.05, 4.69) is 24.9 Å². The van der Waals surface area contributed by atoms with Crippen molar-refractivity contribution in [1.29, 1.82) is 0 Å². The Hall–Kier alpha value is -2.48. The molecule has 0 aromatic carbocycles. The van der Waals surface area contributed by atoms with Crippen LogP contribution in [0.5, 0.6) is 0 Å². The molecule has 3 aromatic rings. The third-order valence-electron chi connectivity index (χ3n) is 2.37. The topological polar surface area (TPSA) is 105 Å². The second-order valence-corrected chi connectivity index (χ2v) is 4.57. The van der Waals surface area contributed by atoms with Crippen molar-refractivity contribution in [3.05, 3.63) is 36.7 Å². The summed E-state index contributed by atoms with van der Waals surface area (Å²) in [5, 5.41) is 9.70. The molecule has 0 unspecified atom stereocenters. The fourth-order valence-electron chi connectivity index (χ4n) is 1.56. The third-order valence-corrected chi connectivity index (χ3v) is 3.42. The molecule has 2 N–H and O–H groups in total. The van der Waals surface area contributed by atoms with Crippen molar-refractivity contribution < 1.29 is 9.90 Å². The first kappa shape index (κ1) is 11.6.